The van der Waals surface area contributed by atoms with Crippen molar-refractivity contribution in [2.24, 2.45) is 0 Å². The van der Waals surface area contributed by atoms with Crippen molar-refractivity contribution in [1.82, 2.24) is 13.7 Å². The molecule has 3 aromatic heterocycles. The van der Waals surface area contributed by atoms with Gasteiger partial charge in [-0.25, -0.2) is 0 Å². The first kappa shape index (κ1) is 54.0. The zero-order valence-corrected chi connectivity index (χ0v) is 52.3. The molecule has 18 aromatic rings. The molecule has 0 N–H and O–H groups in total. The van der Waals surface area contributed by atoms with Crippen LogP contribution >= 0.6 is 0 Å². The second-order valence-electron chi connectivity index (χ2n) is 25.5. The molecule has 2 aliphatic heterocycles. The van der Waals surface area contributed by atoms with Crippen molar-refractivity contribution in [3.63, 3.8) is 0 Å². The van der Waals surface area contributed by atoms with Crippen molar-refractivity contribution in [3.8, 4) is 61.6 Å². The van der Waals surface area contributed by atoms with Crippen molar-refractivity contribution in [2.75, 3.05) is 9.80 Å². The maximum Gasteiger partial charge on any atom is 0.252 e. The molecule has 446 valence electrons. The van der Waals surface area contributed by atoms with Crippen molar-refractivity contribution < 1.29 is 0 Å². The molecular weight excluding hydrogens is 1160 g/mol. The summed E-state index contributed by atoms with van der Waals surface area (Å²) in [7, 11) is 0. The summed E-state index contributed by atoms with van der Waals surface area (Å²) < 4.78 is 7.57. The van der Waals surface area contributed by atoms with Crippen LogP contribution in [-0.4, -0.2) is 20.4 Å². The normalized spacial score (nSPS) is 12.5. The highest BCUT2D eigenvalue weighted by atomic mass is 15.2. The molecule has 2 aliphatic rings. The first-order valence-electron chi connectivity index (χ1n) is 33.2. The van der Waals surface area contributed by atoms with Gasteiger partial charge in [0.15, 0.2) is 0 Å². The zero-order valence-electron chi connectivity index (χ0n) is 52.3. The third-order valence-corrected chi connectivity index (χ3v) is 20.4. The van der Waals surface area contributed by atoms with Gasteiger partial charge in [-0.15, -0.1) is 0 Å². The fourth-order valence-corrected chi connectivity index (χ4v) is 16.2. The standard InChI is InChI=1S/C90H58BN5/c1-5-25-59(26-6-1)61-45-49-65(50-46-61)92-86-57-84(95-80-41-21-15-35-70(80)71-36-16-22-42-81(71)95)74(63-29-9-3-10-30-63)55-76(86)91-77-56-75(64-31-11-4-12-32-64)85(96-82-43-23-17-37-72(82)73-38-18-24-44-83(73)96)58-87(77)93(66-51-47-62(48-52-66)60-27-7-2-8-28-60)89-54-67(53-88(92)90(89)91)94-78-39-19-13-33-68(78)69-34-14-20-40-79(69)94/h1-58H. The minimum absolute atomic E-state index is 0.281. The molecule has 5 heterocycles. The molecule has 20 rings (SSSR count). The molecule has 0 aliphatic carbocycles. The Labute approximate surface area is 556 Å². The minimum atomic E-state index is -0.281. The lowest BCUT2D eigenvalue weighted by Gasteiger charge is -2.45. The maximum atomic E-state index is 2.61. The molecule has 96 heavy (non-hydrogen) atoms. The average Bonchev–Trinajstić information content (AvgIpc) is 0.773. The van der Waals surface area contributed by atoms with Crippen LogP contribution in [0.3, 0.4) is 0 Å². The van der Waals surface area contributed by atoms with Crippen LogP contribution in [0.15, 0.2) is 352 Å². The van der Waals surface area contributed by atoms with E-state index in [1.807, 2.05) is 0 Å². The van der Waals surface area contributed by atoms with Gasteiger partial charge in [0.05, 0.1) is 50.2 Å². The lowest BCUT2D eigenvalue weighted by Crippen LogP contribution is -2.61. The Balaban J connectivity index is 0.968. The van der Waals surface area contributed by atoms with E-state index < -0.39 is 0 Å². The second-order valence-corrected chi connectivity index (χ2v) is 25.5. The third-order valence-electron chi connectivity index (χ3n) is 20.4. The SMILES string of the molecule is c1ccc(-c2ccc(N3c4cc(-n5c6ccccc6c6ccccc65)c(-c5ccccc5)cc4B4c5cc(-c6ccccc6)c(-n6c7ccccc7c7ccccc76)cc5N(c5ccc(-c6ccccc6)cc5)c5cc(-n6c7ccccc7c7ccccc76)cc3c54)cc2)cc1. The van der Waals surface area contributed by atoms with E-state index in [0.29, 0.717) is 0 Å². The largest absolute Gasteiger partial charge is 0.311 e. The van der Waals surface area contributed by atoms with Gasteiger partial charge in [-0.3, -0.25) is 0 Å². The summed E-state index contributed by atoms with van der Waals surface area (Å²) >= 11 is 0. The molecule has 5 nitrogen and oxygen atoms in total. The number of anilines is 6. The summed E-state index contributed by atoms with van der Waals surface area (Å²) in [6.45, 7) is -0.281. The number of para-hydroxylation sites is 6. The predicted molar refractivity (Wildman–Crippen MR) is 405 cm³/mol. The molecule has 0 atom stereocenters. The van der Waals surface area contributed by atoms with E-state index in [0.717, 1.165) is 118 Å². The van der Waals surface area contributed by atoms with Crippen LogP contribution in [0.2, 0.25) is 0 Å². The molecular formula is C90H58BN5. The van der Waals surface area contributed by atoms with Gasteiger partial charge in [0, 0.05) is 77.6 Å². The zero-order chi connectivity index (χ0) is 63.0. The van der Waals surface area contributed by atoms with Crippen molar-refractivity contribution in [2.45, 2.75) is 0 Å². The summed E-state index contributed by atoms with van der Waals surface area (Å²) in [6, 6.07) is 131. The summed E-state index contributed by atoms with van der Waals surface area (Å²) in [6.07, 6.45) is 0. The first-order valence-corrected chi connectivity index (χ1v) is 33.2. The Morgan fingerprint density at radius 2 is 0.458 bits per heavy atom. The Morgan fingerprint density at radius 1 is 0.188 bits per heavy atom. The Kier molecular flexibility index (Phi) is 12.1. The summed E-state index contributed by atoms with van der Waals surface area (Å²) in [4.78, 5) is 5.21. The summed E-state index contributed by atoms with van der Waals surface area (Å²) in [5, 5.41) is 7.29. The third kappa shape index (κ3) is 8.19. The Hall–Kier alpha value is -12.6. The highest BCUT2D eigenvalue weighted by molar-refractivity contribution is 7.00. The van der Waals surface area contributed by atoms with Gasteiger partial charge < -0.3 is 23.5 Å². The predicted octanol–water partition coefficient (Wildman–Crippen LogP) is 21.7. The number of hydrogen-bond acceptors (Lipinski definition) is 2. The van der Waals surface area contributed by atoms with Crippen LogP contribution in [-0.2, 0) is 0 Å². The number of aromatic nitrogens is 3. The lowest BCUT2D eigenvalue weighted by atomic mass is 9.33. The Bertz CT molecular complexity index is 5650. The molecule has 0 saturated carbocycles. The average molecular weight is 1220 g/mol. The van der Waals surface area contributed by atoms with Crippen molar-refractivity contribution >= 4 is 123 Å². The smallest absolute Gasteiger partial charge is 0.252 e. The van der Waals surface area contributed by atoms with Crippen LogP contribution in [0.25, 0.3) is 127 Å². The van der Waals surface area contributed by atoms with Crippen molar-refractivity contribution in [1.29, 1.82) is 0 Å². The molecule has 0 fully saturated rings. The van der Waals surface area contributed by atoms with Gasteiger partial charge in [0.2, 0.25) is 0 Å². The Morgan fingerprint density at radius 3 is 0.781 bits per heavy atom. The maximum absolute atomic E-state index is 2.61. The number of benzene rings is 15. The molecule has 15 aromatic carbocycles. The van der Waals surface area contributed by atoms with Gasteiger partial charge in [-0.1, -0.05) is 267 Å². The fraction of sp³-hybridized carbons (Fsp3) is 0. The van der Waals surface area contributed by atoms with Crippen LogP contribution < -0.4 is 26.2 Å². The summed E-state index contributed by atoms with van der Waals surface area (Å²) in [5.41, 5.74) is 29.7. The van der Waals surface area contributed by atoms with E-state index in [4.69, 9.17) is 0 Å². The van der Waals surface area contributed by atoms with E-state index in [1.54, 1.807) is 0 Å². The number of rotatable bonds is 9. The van der Waals surface area contributed by atoms with E-state index in [1.165, 1.54) is 59.8 Å². The fourth-order valence-electron chi connectivity index (χ4n) is 16.2. The van der Waals surface area contributed by atoms with Crippen LogP contribution in [0, 0.1) is 0 Å². The number of nitrogens with zero attached hydrogens (tertiary/aromatic N) is 5. The van der Waals surface area contributed by atoms with Crippen LogP contribution in [0.5, 0.6) is 0 Å². The minimum Gasteiger partial charge on any atom is -0.311 e. The quantitative estimate of drug-likeness (QED) is 0.134. The molecule has 0 saturated heterocycles. The molecule has 0 spiro atoms. The molecule has 6 heteroatoms. The topological polar surface area (TPSA) is 21.3 Å². The highest BCUT2D eigenvalue weighted by Gasteiger charge is 2.45. The molecule has 0 bridgehead atoms. The van der Waals surface area contributed by atoms with Gasteiger partial charge in [-0.05, 0) is 135 Å². The summed E-state index contributed by atoms with van der Waals surface area (Å²) in [5.74, 6) is 0. The second kappa shape index (κ2) is 21.5. The molecule has 0 unspecified atom stereocenters. The van der Waals surface area contributed by atoms with E-state index >= 15 is 0 Å². The van der Waals surface area contributed by atoms with E-state index in [-0.39, 0.29) is 6.71 Å². The van der Waals surface area contributed by atoms with Gasteiger partial charge in [0.1, 0.15) is 0 Å². The van der Waals surface area contributed by atoms with Gasteiger partial charge >= 0.3 is 0 Å². The number of hydrogen-bond donors (Lipinski definition) is 0. The first-order chi connectivity index (χ1) is 47.7. The van der Waals surface area contributed by atoms with E-state index in [2.05, 4.69) is 375 Å². The van der Waals surface area contributed by atoms with Crippen LogP contribution in [0.4, 0.5) is 34.1 Å². The lowest BCUT2D eigenvalue weighted by molar-refractivity contribution is 1.15. The monoisotopic (exact) mass is 1220 g/mol. The highest BCUT2D eigenvalue weighted by Crippen LogP contribution is 2.51. The van der Waals surface area contributed by atoms with Crippen LogP contribution in [0.1, 0.15) is 0 Å². The van der Waals surface area contributed by atoms with Crippen molar-refractivity contribution in [3.05, 3.63) is 352 Å². The van der Waals surface area contributed by atoms with Gasteiger partial charge in [-0.2, -0.15) is 0 Å². The number of fused-ring (bicyclic) bond motifs is 13. The molecule has 0 amide bonds. The molecule has 0 radical (unpaired) electrons. The van der Waals surface area contributed by atoms with E-state index in [9.17, 15) is 0 Å². The van der Waals surface area contributed by atoms with Gasteiger partial charge in [0.25, 0.3) is 6.71 Å².